The number of rotatable bonds is 4. The van der Waals surface area contributed by atoms with Crippen LogP contribution in [0.15, 0.2) is 30.6 Å². The number of benzene rings is 1. The molecule has 1 aromatic carbocycles. The van der Waals surface area contributed by atoms with Crippen molar-refractivity contribution in [3.63, 3.8) is 0 Å². The van der Waals surface area contributed by atoms with Crippen LogP contribution < -0.4 is 4.74 Å². The van der Waals surface area contributed by atoms with Gasteiger partial charge >= 0.3 is 0 Å². The van der Waals surface area contributed by atoms with E-state index in [1.807, 2.05) is 12.4 Å². The zero-order chi connectivity index (χ0) is 19.3. The van der Waals surface area contributed by atoms with E-state index in [0.29, 0.717) is 12.1 Å². The van der Waals surface area contributed by atoms with E-state index < -0.39 is 0 Å². The van der Waals surface area contributed by atoms with Crippen molar-refractivity contribution in [2.24, 2.45) is 0 Å². The van der Waals surface area contributed by atoms with Gasteiger partial charge in [0.05, 0.1) is 25.4 Å². The van der Waals surface area contributed by atoms with Gasteiger partial charge in [0, 0.05) is 50.5 Å². The summed E-state index contributed by atoms with van der Waals surface area (Å²) in [4.78, 5) is 12.9. The fourth-order valence-electron chi connectivity index (χ4n) is 6.10. The van der Waals surface area contributed by atoms with Gasteiger partial charge in [-0.05, 0) is 42.9 Å². The zero-order valence-electron chi connectivity index (χ0n) is 17.0. The minimum atomic E-state index is 0.0267. The number of H-pyrrole nitrogens is 1. The van der Waals surface area contributed by atoms with Gasteiger partial charge in [0.2, 0.25) is 0 Å². The number of aromatic amines is 1. The highest BCUT2D eigenvalue weighted by atomic mass is 16.5. The molecule has 0 amide bonds. The highest BCUT2D eigenvalue weighted by Crippen LogP contribution is 2.45. The molecule has 29 heavy (non-hydrogen) atoms. The average molecular weight is 395 g/mol. The Morgan fingerprint density at radius 2 is 2.03 bits per heavy atom. The van der Waals surface area contributed by atoms with E-state index >= 15 is 0 Å². The molecule has 154 valence electrons. The monoisotopic (exact) mass is 394 g/mol. The standard InChI is InChI=1S/C23H30N4O2/c1-4-21-18(5-9-28-21)11-17(1)14-27-19-2-3-20(27)13-23(12-19)16-26(8-10-29-23)15-22-24-6-7-25-22/h1,4,6-7,11,19-20H,2-3,5,8-10,12-16H2,(H,24,25)/t19-,20+,23?. The molecule has 6 nitrogen and oxygen atoms in total. The minimum Gasteiger partial charge on any atom is -0.493 e. The SMILES string of the molecule is c1c[nH]c(CN2CCOC3(C[C@H]4CC[C@@H](C3)N4Cc3ccc4c(c3)CCO4)C2)n1. The highest BCUT2D eigenvalue weighted by Gasteiger charge is 2.50. The number of nitrogens with zero attached hydrogens (tertiary/aromatic N) is 3. The molecule has 4 aliphatic heterocycles. The lowest BCUT2D eigenvalue weighted by atomic mass is 9.84. The Bertz CT molecular complexity index is 854. The molecule has 3 atom stereocenters. The van der Waals surface area contributed by atoms with E-state index in [9.17, 15) is 0 Å². The van der Waals surface area contributed by atoms with Gasteiger partial charge in [0.25, 0.3) is 0 Å². The van der Waals surface area contributed by atoms with Crippen LogP contribution >= 0.6 is 0 Å². The number of morpholine rings is 1. The van der Waals surface area contributed by atoms with Gasteiger partial charge in [-0.1, -0.05) is 12.1 Å². The molecule has 4 aliphatic rings. The number of nitrogens with one attached hydrogen (secondary N) is 1. The lowest BCUT2D eigenvalue weighted by Gasteiger charge is -2.50. The quantitative estimate of drug-likeness (QED) is 0.864. The van der Waals surface area contributed by atoms with Crippen molar-refractivity contribution in [3.05, 3.63) is 47.5 Å². The maximum atomic E-state index is 6.48. The topological polar surface area (TPSA) is 53.6 Å². The molecule has 0 radical (unpaired) electrons. The summed E-state index contributed by atoms with van der Waals surface area (Å²) in [7, 11) is 0. The summed E-state index contributed by atoms with van der Waals surface area (Å²) < 4.78 is 12.2. The number of fused-ring (bicyclic) bond motifs is 3. The Labute approximate surface area is 172 Å². The Kier molecular flexibility index (Phi) is 4.40. The van der Waals surface area contributed by atoms with Gasteiger partial charge in [-0.3, -0.25) is 9.80 Å². The van der Waals surface area contributed by atoms with E-state index in [1.165, 1.54) is 24.0 Å². The van der Waals surface area contributed by atoms with Crippen molar-refractivity contribution in [1.29, 1.82) is 0 Å². The molecule has 5 heterocycles. The molecule has 1 unspecified atom stereocenters. The second-order valence-electron chi connectivity index (χ2n) is 9.28. The molecule has 0 saturated carbocycles. The van der Waals surface area contributed by atoms with E-state index in [0.717, 1.165) is 70.2 Å². The van der Waals surface area contributed by atoms with Crippen LogP contribution in [0.2, 0.25) is 0 Å². The molecule has 1 N–H and O–H groups in total. The van der Waals surface area contributed by atoms with Crippen molar-refractivity contribution in [2.75, 3.05) is 26.3 Å². The van der Waals surface area contributed by atoms with Crippen LogP contribution in [-0.4, -0.2) is 63.8 Å². The highest BCUT2D eigenvalue weighted by molar-refractivity contribution is 5.39. The second-order valence-corrected chi connectivity index (χ2v) is 9.28. The number of piperidine rings is 1. The van der Waals surface area contributed by atoms with Crippen molar-refractivity contribution >= 4 is 0 Å². The third kappa shape index (κ3) is 3.37. The van der Waals surface area contributed by atoms with E-state index in [4.69, 9.17) is 9.47 Å². The van der Waals surface area contributed by atoms with Crippen molar-refractivity contribution in [2.45, 2.75) is 62.9 Å². The maximum absolute atomic E-state index is 6.48. The van der Waals surface area contributed by atoms with Gasteiger partial charge in [-0.15, -0.1) is 0 Å². The summed E-state index contributed by atoms with van der Waals surface area (Å²) >= 11 is 0. The Balaban J connectivity index is 1.15. The summed E-state index contributed by atoms with van der Waals surface area (Å²) in [6, 6.07) is 8.08. The maximum Gasteiger partial charge on any atom is 0.122 e. The van der Waals surface area contributed by atoms with Crippen molar-refractivity contribution < 1.29 is 9.47 Å². The largest absolute Gasteiger partial charge is 0.493 e. The second kappa shape index (κ2) is 7.11. The lowest BCUT2D eigenvalue weighted by molar-refractivity contribution is -0.152. The normalized spacial score (nSPS) is 31.9. The number of ether oxygens (including phenoxy) is 2. The van der Waals surface area contributed by atoms with Crippen LogP contribution in [0.5, 0.6) is 5.75 Å². The summed E-state index contributed by atoms with van der Waals surface area (Å²) in [6.45, 7) is 5.67. The van der Waals surface area contributed by atoms with Gasteiger partial charge in [-0.2, -0.15) is 0 Å². The van der Waals surface area contributed by atoms with Crippen LogP contribution in [0.25, 0.3) is 0 Å². The summed E-state index contributed by atoms with van der Waals surface area (Å²) in [5.74, 6) is 2.14. The van der Waals surface area contributed by atoms with Crippen molar-refractivity contribution in [3.8, 4) is 5.75 Å². The average Bonchev–Trinajstić information content (AvgIpc) is 3.44. The Hall–Kier alpha value is -1.89. The number of hydrogen-bond donors (Lipinski definition) is 1. The fraction of sp³-hybridized carbons (Fsp3) is 0.609. The van der Waals surface area contributed by atoms with E-state index in [2.05, 4.69) is 38.0 Å². The zero-order valence-corrected chi connectivity index (χ0v) is 17.0. The minimum absolute atomic E-state index is 0.0267. The molecule has 3 fully saturated rings. The van der Waals surface area contributed by atoms with Crippen LogP contribution in [0.3, 0.4) is 0 Å². The first kappa shape index (κ1) is 17.9. The van der Waals surface area contributed by atoms with Gasteiger partial charge in [-0.25, -0.2) is 4.98 Å². The molecule has 3 saturated heterocycles. The molecule has 2 aromatic rings. The predicted molar refractivity (Wildman–Crippen MR) is 110 cm³/mol. The smallest absolute Gasteiger partial charge is 0.122 e. The molecule has 1 aromatic heterocycles. The van der Waals surface area contributed by atoms with Gasteiger partial charge in [0.15, 0.2) is 0 Å². The summed E-state index contributed by atoms with van der Waals surface area (Å²) in [5.41, 5.74) is 2.84. The number of imidazole rings is 1. The third-order valence-electron chi connectivity index (χ3n) is 7.36. The number of hydrogen-bond acceptors (Lipinski definition) is 5. The summed E-state index contributed by atoms with van der Waals surface area (Å²) in [5, 5.41) is 0. The Morgan fingerprint density at radius 1 is 1.14 bits per heavy atom. The van der Waals surface area contributed by atoms with Crippen molar-refractivity contribution in [1.82, 2.24) is 19.8 Å². The first-order valence-corrected chi connectivity index (χ1v) is 11.1. The van der Waals surface area contributed by atoms with E-state index in [-0.39, 0.29) is 5.60 Å². The van der Waals surface area contributed by atoms with Crippen LogP contribution in [0.1, 0.15) is 42.6 Å². The molecular formula is C23H30N4O2. The molecule has 1 spiro atoms. The fourth-order valence-corrected chi connectivity index (χ4v) is 6.10. The lowest BCUT2D eigenvalue weighted by Crippen LogP contribution is -2.59. The first-order chi connectivity index (χ1) is 14.3. The van der Waals surface area contributed by atoms with Crippen LogP contribution in [-0.2, 0) is 24.2 Å². The predicted octanol–water partition coefficient (Wildman–Crippen LogP) is 2.74. The van der Waals surface area contributed by atoms with E-state index in [1.54, 1.807) is 0 Å². The van der Waals surface area contributed by atoms with Gasteiger partial charge < -0.3 is 14.5 Å². The first-order valence-electron chi connectivity index (χ1n) is 11.1. The molecule has 0 aliphatic carbocycles. The third-order valence-corrected chi connectivity index (χ3v) is 7.36. The van der Waals surface area contributed by atoms with Gasteiger partial charge in [0.1, 0.15) is 11.6 Å². The summed E-state index contributed by atoms with van der Waals surface area (Å²) in [6.07, 6.45) is 9.74. The Morgan fingerprint density at radius 3 is 2.86 bits per heavy atom. The molecule has 6 rings (SSSR count). The molecule has 2 bridgehead atoms. The number of aromatic nitrogens is 2. The van der Waals surface area contributed by atoms with Crippen LogP contribution in [0, 0.1) is 0 Å². The van der Waals surface area contributed by atoms with Crippen LogP contribution in [0.4, 0.5) is 0 Å². The molecule has 6 heteroatoms. The molecular weight excluding hydrogens is 364 g/mol.